The molecule has 1 aliphatic rings. The fourth-order valence-electron chi connectivity index (χ4n) is 2.70. The lowest BCUT2D eigenvalue weighted by Crippen LogP contribution is -2.50. The molecule has 3 atom stereocenters. The summed E-state index contributed by atoms with van der Waals surface area (Å²) in [6.45, 7) is 9.82. The molecule has 3 unspecified atom stereocenters. The quantitative estimate of drug-likeness (QED) is 0.669. The molecule has 0 aromatic carbocycles. The maximum absolute atomic E-state index is 11.6. The highest BCUT2D eigenvalue weighted by atomic mass is 16.1. The highest BCUT2D eigenvalue weighted by Crippen LogP contribution is 2.24. The van der Waals surface area contributed by atoms with Crippen LogP contribution >= 0.6 is 0 Å². The van der Waals surface area contributed by atoms with Gasteiger partial charge < -0.3 is 0 Å². The summed E-state index contributed by atoms with van der Waals surface area (Å²) in [7, 11) is 0. The number of likely N-dealkylation sites (tertiary alicyclic amines) is 1. The Hall–Kier alpha value is -0.370. The zero-order chi connectivity index (χ0) is 12.1. The van der Waals surface area contributed by atoms with Crippen molar-refractivity contribution in [2.24, 2.45) is 5.92 Å². The molecule has 1 rings (SSSR count). The number of nitrogens with zero attached hydrogens (tertiary/aromatic N) is 1. The van der Waals surface area contributed by atoms with E-state index in [1.54, 1.807) is 0 Å². The van der Waals surface area contributed by atoms with Crippen molar-refractivity contribution in [3.05, 3.63) is 0 Å². The van der Waals surface area contributed by atoms with Gasteiger partial charge in [0.15, 0.2) is 0 Å². The molecule has 0 radical (unpaired) electrons. The van der Waals surface area contributed by atoms with Crippen molar-refractivity contribution >= 4 is 5.78 Å². The van der Waals surface area contributed by atoms with Crippen LogP contribution in [0.5, 0.6) is 0 Å². The molecule has 16 heavy (non-hydrogen) atoms. The Bertz CT molecular complexity index is 227. The number of carbonyl (C=O) groups excluding carboxylic acids is 1. The van der Waals surface area contributed by atoms with E-state index in [0.29, 0.717) is 17.9 Å². The second-order valence-corrected chi connectivity index (χ2v) is 5.33. The van der Waals surface area contributed by atoms with E-state index in [0.717, 1.165) is 13.0 Å². The van der Waals surface area contributed by atoms with Crippen LogP contribution in [0.1, 0.15) is 59.8 Å². The summed E-state index contributed by atoms with van der Waals surface area (Å²) in [5.41, 5.74) is 0. The van der Waals surface area contributed by atoms with Gasteiger partial charge in [-0.2, -0.15) is 0 Å². The Kier molecular flexibility index (Phi) is 5.47. The summed E-state index contributed by atoms with van der Waals surface area (Å²) in [4.78, 5) is 14.1. The summed E-state index contributed by atoms with van der Waals surface area (Å²) in [6.07, 6.45) is 5.98. The van der Waals surface area contributed by atoms with Gasteiger partial charge in [0.25, 0.3) is 0 Å². The van der Waals surface area contributed by atoms with E-state index in [4.69, 9.17) is 0 Å². The van der Waals surface area contributed by atoms with Crippen LogP contribution in [0.15, 0.2) is 0 Å². The molecule has 0 saturated carbocycles. The lowest BCUT2D eigenvalue weighted by Gasteiger charge is -2.41. The Morgan fingerprint density at radius 2 is 2.06 bits per heavy atom. The first-order valence-corrected chi connectivity index (χ1v) is 6.86. The van der Waals surface area contributed by atoms with Gasteiger partial charge in [0, 0.05) is 31.0 Å². The Balaban J connectivity index is 2.43. The fraction of sp³-hybridized carbons (Fsp3) is 0.929. The Labute approximate surface area is 100 Å². The minimum Gasteiger partial charge on any atom is -0.299 e. The van der Waals surface area contributed by atoms with Gasteiger partial charge in [-0.05, 0) is 20.3 Å². The first kappa shape index (κ1) is 13.7. The molecule has 0 aromatic heterocycles. The smallest absolute Gasteiger partial charge is 0.138 e. The third-order valence-corrected chi connectivity index (χ3v) is 4.16. The molecule has 0 aromatic rings. The molecule has 2 heteroatoms. The number of ketones is 1. The van der Waals surface area contributed by atoms with Crippen molar-refractivity contribution < 1.29 is 4.79 Å². The highest BCUT2D eigenvalue weighted by molar-refractivity contribution is 5.82. The summed E-state index contributed by atoms with van der Waals surface area (Å²) < 4.78 is 0. The number of hydrogen-bond donors (Lipinski definition) is 0. The van der Waals surface area contributed by atoms with E-state index in [1.807, 2.05) is 0 Å². The minimum absolute atomic E-state index is 0.224. The number of Topliss-reactive ketones (excluding diaryl/α,β-unsaturated/α-hetero) is 1. The molecule has 1 aliphatic heterocycles. The molecular formula is C14H27NO. The van der Waals surface area contributed by atoms with Crippen molar-refractivity contribution in [2.75, 3.05) is 6.54 Å². The van der Waals surface area contributed by atoms with Gasteiger partial charge in [-0.15, -0.1) is 0 Å². The maximum Gasteiger partial charge on any atom is 0.138 e. The number of rotatable bonds is 5. The van der Waals surface area contributed by atoms with Crippen LogP contribution in [0.2, 0.25) is 0 Å². The lowest BCUT2D eigenvalue weighted by atomic mass is 9.89. The van der Waals surface area contributed by atoms with Crippen LogP contribution in [0, 0.1) is 5.92 Å². The van der Waals surface area contributed by atoms with Gasteiger partial charge in [-0.3, -0.25) is 9.69 Å². The summed E-state index contributed by atoms with van der Waals surface area (Å²) in [6, 6.07) is 1.06. The summed E-state index contributed by atoms with van der Waals surface area (Å²) in [5.74, 6) is 0.673. The van der Waals surface area contributed by atoms with Gasteiger partial charge in [-0.1, -0.05) is 33.1 Å². The maximum atomic E-state index is 11.6. The van der Waals surface area contributed by atoms with Crippen molar-refractivity contribution in [1.29, 1.82) is 0 Å². The average molecular weight is 225 g/mol. The van der Waals surface area contributed by atoms with Gasteiger partial charge in [0.2, 0.25) is 0 Å². The van der Waals surface area contributed by atoms with Crippen LogP contribution in [0.3, 0.4) is 0 Å². The van der Waals surface area contributed by atoms with Crippen molar-refractivity contribution in [2.45, 2.75) is 71.9 Å². The van der Waals surface area contributed by atoms with Gasteiger partial charge in [0.1, 0.15) is 5.78 Å². The van der Waals surface area contributed by atoms with Gasteiger partial charge >= 0.3 is 0 Å². The monoisotopic (exact) mass is 225 g/mol. The van der Waals surface area contributed by atoms with E-state index in [-0.39, 0.29) is 5.92 Å². The molecule has 0 bridgehead atoms. The zero-order valence-electron chi connectivity index (χ0n) is 11.3. The normalized spacial score (nSPS) is 29.4. The van der Waals surface area contributed by atoms with Crippen LogP contribution in [0.25, 0.3) is 0 Å². The number of piperidine rings is 1. The third kappa shape index (κ3) is 3.31. The van der Waals surface area contributed by atoms with Crippen molar-refractivity contribution in [3.63, 3.8) is 0 Å². The largest absolute Gasteiger partial charge is 0.299 e. The van der Waals surface area contributed by atoms with Crippen LogP contribution in [-0.2, 0) is 4.79 Å². The van der Waals surface area contributed by atoms with E-state index >= 15 is 0 Å². The summed E-state index contributed by atoms with van der Waals surface area (Å²) in [5, 5.41) is 0. The molecule has 94 valence electrons. The molecule has 0 spiro atoms. The topological polar surface area (TPSA) is 20.3 Å². The molecular weight excluding hydrogens is 198 g/mol. The van der Waals surface area contributed by atoms with Crippen LogP contribution in [-0.4, -0.2) is 29.3 Å². The lowest BCUT2D eigenvalue weighted by molar-refractivity contribution is -0.128. The molecule has 0 amide bonds. The van der Waals surface area contributed by atoms with Crippen molar-refractivity contribution in [3.8, 4) is 0 Å². The minimum atomic E-state index is 0.224. The molecule has 1 fully saturated rings. The van der Waals surface area contributed by atoms with Crippen molar-refractivity contribution in [1.82, 2.24) is 4.90 Å². The molecule has 1 saturated heterocycles. The molecule has 1 heterocycles. The predicted molar refractivity (Wildman–Crippen MR) is 68.6 cm³/mol. The van der Waals surface area contributed by atoms with Crippen LogP contribution < -0.4 is 0 Å². The van der Waals surface area contributed by atoms with Crippen LogP contribution in [0.4, 0.5) is 0 Å². The zero-order valence-corrected chi connectivity index (χ0v) is 11.3. The van der Waals surface area contributed by atoms with E-state index in [9.17, 15) is 4.79 Å². The second-order valence-electron chi connectivity index (χ2n) is 5.33. The van der Waals surface area contributed by atoms with E-state index < -0.39 is 0 Å². The number of unbranched alkanes of at least 4 members (excludes halogenated alkanes) is 2. The predicted octanol–water partition coefficient (Wildman–Crippen LogP) is 3.25. The third-order valence-electron chi connectivity index (χ3n) is 4.16. The highest BCUT2D eigenvalue weighted by Gasteiger charge is 2.32. The number of carbonyl (C=O) groups is 1. The Morgan fingerprint density at radius 1 is 1.38 bits per heavy atom. The first-order chi connectivity index (χ1) is 7.57. The first-order valence-electron chi connectivity index (χ1n) is 6.86. The summed E-state index contributed by atoms with van der Waals surface area (Å²) >= 11 is 0. The fourth-order valence-corrected chi connectivity index (χ4v) is 2.70. The van der Waals surface area contributed by atoms with Gasteiger partial charge in [-0.25, -0.2) is 0 Å². The average Bonchev–Trinajstić information content (AvgIpc) is 2.26. The Morgan fingerprint density at radius 3 is 2.69 bits per heavy atom. The molecule has 2 nitrogen and oxygen atoms in total. The van der Waals surface area contributed by atoms with E-state index in [2.05, 4.69) is 32.6 Å². The number of hydrogen-bond acceptors (Lipinski definition) is 2. The van der Waals surface area contributed by atoms with E-state index in [1.165, 1.54) is 25.7 Å². The standard InChI is InChI=1S/C14H27NO/c1-5-6-7-8-11(2)15-10-9-14(16)12(3)13(15)4/h11-13H,5-10H2,1-4H3. The molecule has 0 N–H and O–H groups in total. The van der Waals surface area contributed by atoms with Gasteiger partial charge in [0.05, 0.1) is 0 Å². The molecule has 0 aliphatic carbocycles. The second kappa shape index (κ2) is 6.39. The SMILES string of the molecule is CCCCCC(C)N1CCC(=O)C(C)C1C.